The average molecular weight is 326 g/mol. The predicted octanol–water partition coefficient (Wildman–Crippen LogP) is 3.99. The molecule has 0 spiro atoms. The number of nitrogens with one attached hydrogen (secondary N) is 1. The monoisotopic (exact) mass is 325 g/mol. The van der Waals surface area contributed by atoms with Crippen LogP contribution in [0.15, 0.2) is 16.6 Å². The summed E-state index contributed by atoms with van der Waals surface area (Å²) >= 11 is 3.58. The fourth-order valence-electron chi connectivity index (χ4n) is 2.78. The molecule has 0 radical (unpaired) electrons. The van der Waals surface area contributed by atoms with Gasteiger partial charge < -0.3 is 10.4 Å². The molecular formula is C16H24BrNO. The first-order valence-electron chi connectivity index (χ1n) is 7.10. The third-order valence-corrected chi connectivity index (χ3v) is 4.39. The van der Waals surface area contributed by atoms with E-state index in [0.717, 1.165) is 35.1 Å². The molecule has 2 N–H and O–H groups in total. The molecule has 1 aliphatic rings. The highest BCUT2D eigenvalue weighted by Crippen LogP contribution is 2.37. The Morgan fingerprint density at radius 2 is 1.89 bits per heavy atom. The maximum atomic E-state index is 10.5. The lowest BCUT2D eigenvalue weighted by Crippen LogP contribution is -2.28. The van der Waals surface area contributed by atoms with E-state index in [1.54, 1.807) is 0 Å². The third-order valence-electron chi connectivity index (χ3n) is 3.93. The summed E-state index contributed by atoms with van der Waals surface area (Å²) in [5, 5.41) is 13.9. The normalized spacial score (nSPS) is 17.7. The van der Waals surface area contributed by atoms with E-state index in [0.29, 0.717) is 11.7 Å². The van der Waals surface area contributed by atoms with Crippen molar-refractivity contribution in [3.05, 3.63) is 27.7 Å². The molecule has 2 rings (SSSR count). The number of phenolic OH excluding ortho intramolecular Hbond substituents is 1. The van der Waals surface area contributed by atoms with Gasteiger partial charge in [0.1, 0.15) is 5.75 Å². The smallest absolute Gasteiger partial charge is 0.122 e. The molecule has 3 heteroatoms. The van der Waals surface area contributed by atoms with Crippen LogP contribution in [0.25, 0.3) is 0 Å². The van der Waals surface area contributed by atoms with Crippen molar-refractivity contribution < 1.29 is 5.11 Å². The fraction of sp³-hybridized carbons (Fsp3) is 0.625. The van der Waals surface area contributed by atoms with E-state index in [4.69, 9.17) is 0 Å². The highest BCUT2D eigenvalue weighted by atomic mass is 79.9. The molecule has 1 aromatic rings. The van der Waals surface area contributed by atoms with Crippen LogP contribution >= 0.6 is 15.9 Å². The van der Waals surface area contributed by atoms with Crippen molar-refractivity contribution >= 4 is 15.9 Å². The molecule has 1 saturated heterocycles. The fourth-order valence-corrected chi connectivity index (χ4v) is 3.29. The zero-order valence-corrected chi connectivity index (χ0v) is 13.7. The van der Waals surface area contributed by atoms with Gasteiger partial charge in [-0.2, -0.15) is 0 Å². The molecular weight excluding hydrogens is 302 g/mol. The molecule has 1 aromatic carbocycles. The van der Waals surface area contributed by atoms with Gasteiger partial charge in [-0.25, -0.2) is 0 Å². The van der Waals surface area contributed by atoms with Gasteiger partial charge >= 0.3 is 0 Å². The molecule has 0 amide bonds. The Kier molecular flexibility index (Phi) is 4.57. The molecule has 1 heterocycles. The van der Waals surface area contributed by atoms with Crippen molar-refractivity contribution in [1.29, 1.82) is 0 Å². The molecule has 1 aliphatic heterocycles. The number of benzene rings is 1. The minimum absolute atomic E-state index is 0.0310. The van der Waals surface area contributed by atoms with Crippen LogP contribution < -0.4 is 5.32 Å². The van der Waals surface area contributed by atoms with Gasteiger partial charge in [0.15, 0.2) is 0 Å². The summed E-state index contributed by atoms with van der Waals surface area (Å²) < 4.78 is 1.07. The number of phenols is 1. The van der Waals surface area contributed by atoms with Crippen LogP contribution in [-0.4, -0.2) is 18.2 Å². The Bertz CT molecular complexity index is 445. The zero-order valence-electron chi connectivity index (χ0n) is 12.1. The molecule has 19 heavy (non-hydrogen) atoms. The molecule has 0 aliphatic carbocycles. The van der Waals surface area contributed by atoms with Crippen LogP contribution in [0.3, 0.4) is 0 Å². The third kappa shape index (κ3) is 3.73. The molecule has 1 fully saturated rings. The van der Waals surface area contributed by atoms with Crippen molar-refractivity contribution in [2.24, 2.45) is 5.92 Å². The largest absolute Gasteiger partial charge is 0.507 e. The topological polar surface area (TPSA) is 32.3 Å². The maximum Gasteiger partial charge on any atom is 0.122 e. The van der Waals surface area contributed by atoms with E-state index < -0.39 is 0 Å². The van der Waals surface area contributed by atoms with Crippen LogP contribution in [0.1, 0.15) is 44.7 Å². The van der Waals surface area contributed by atoms with E-state index in [2.05, 4.69) is 48.1 Å². The Morgan fingerprint density at radius 1 is 1.26 bits per heavy atom. The first kappa shape index (κ1) is 14.9. The Labute approximate surface area is 124 Å². The molecule has 0 saturated carbocycles. The van der Waals surface area contributed by atoms with Crippen LogP contribution in [0.4, 0.5) is 0 Å². The van der Waals surface area contributed by atoms with Gasteiger partial charge in [0, 0.05) is 10.0 Å². The van der Waals surface area contributed by atoms with Gasteiger partial charge in [-0.15, -0.1) is 0 Å². The van der Waals surface area contributed by atoms with Gasteiger partial charge in [0.25, 0.3) is 0 Å². The summed E-state index contributed by atoms with van der Waals surface area (Å²) in [6.45, 7) is 8.63. The van der Waals surface area contributed by atoms with Gasteiger partial charge in [0.05, 0.1) is 0 Å². The lowest BCUT2D eigenvalue weighted by molar-refractivity contribution is 0.364. The maximum absolute atomic E-state index is 10.5. The summed E-state index contributed by atoms with van der Waals surface area (Å²) in [4.78, 5) is 0. The van der Waals surface area contributed by atoms with Gasteiger partial charge in [-0.1, -0.05) is 36.7 Å². The number of halogens is 1. The minimum atomic E-state index is -0.0310. The van der Waals surface area contributed by atoms with E-state index >= 15 is 0 Å². The van der Waals surface area contributed by atoms with E-state index in [1.165, 1.54) is 12.8 Å². The number of hydrogen-bond acceptors (Lipinski definition) is 2. The molecule has 2 nitrogen and oxygen atoms in total. The van der Waals surface area contributed by atoms with Crippen molar-refractivity contribution in [1.82, 2.24) is 5.32 Å². The van der Waals surface area contributed by atoms with Crippen LogP contribution in [0.5, 0.6) is 5.75 Å². The Balaban J connectivity index is 2.27. The summed E-state index contributed by atoms with van der Waals surface area (Å²) in [7, 11) is 0. The second-order valence-corrected chi connectivity index (χ2v) is 7.52. The van der Waals surface area contributed by atoms with E-state index in [1.807, 2.05) is 6.07 Å². The summed E-state index contributed by atoms with van der Waals surface area (Å²) in [6, 6.07) is 4.12. The number of rotatable bonds is 2. The first-order chi connectivity index (χ1) is 8.88. The van der Waals surface area contributed by atoms with Crippen LogP contribution in [0.2, 0.25) is 0 Å². The lowest BCUT2D eigenvalue weighted by atomic mass is 9.83. The second-order valence-electron chi connectivity index (χ2n) is 6.61. The Hall–Kier alpha value is -0.540. The van der Waals surface area contributed by atoms with Crippen molar-refractivity contribution in [3.63, 3.8) is 0 Å². The van der Waals surface area contributed by atoms with E-state index in [9.17, 15) is 5.11 Å². The average Bonchev–Trinajstić information content (AvgIpc) is 2.33. The van der Waals surface area contributed by atoms with Gasteiger partial charge in [-0.3, -0.25) is 0 Å². The second kappa shape index (κ2) is 5.84. The van der Waals surface area contributed by atoms with Gasteiger partial charge in [0.2, 0.25) is 0 Å². The molecule has 0 bridgehead atoms. The number of hydrogen-bond donors (Lipinski definition) is 2. The van der Waals surface area contributed by atoms with Crippen molar-refractivity contribution in [2.75, 3.05) is 13.1 Å². The van der Waals surface area contributed by atoms with Crippen molar-refractivity contribution in [2.45, 2.75) is 45.4 Å². The standard InChI is InChI=1S/C16H24BrNO/c1-16(2,3)14-10-13(17)9-12(15(14)19)8-11-4-6-18-7-5-11/h9-11,18-19H,4-8H2,1-3H3. The number of aromatic hydroxyl groups is 1. The van der Waals surface area contributed by atoms with Gasteiger partial charge in [-0.05, 0) is 61.4 Å². The van der Waals surface area contributed by atoms with Crippen LogP contribution in [0, 0.1) is 5.92 Å². The summed E-state index contributed by atoms with van der Waals surface area (Å²) in [5.41, 5.74) is 2.09. The molecule has 0 aromatic heterocycles. The van der Waals surface area contributed by atoms with Crippen LogP contribution in [-0.2, 0) is 11.8 Å². The molecule has 0 unspecified atom stereocenters. The lowest BCUT2D eigenvalue weighted by Gasteiger charge is -2.26. The summed E-state index contributed by atoms with van der Waals surface area (Å²) in [5.74, 6) is 1.18. The molecule has 106 valence electrons. The highest BCUT2D eigenvalue weighted by molar-refractivity contribution is 9.10. The first-order valence-corrected chi connectivity index (χ1v) is 7.90. The minimum Gasteiger partial charge on any atom is -0.507 e. The zero-order chi connectivity index (χ0) is 14.0. The quantitative estimate of drug-likeness (QED) is 0.861. The molecule has 0 atom stereocenters. The SMILES string of the molecule is CC(C)(C)c1cc(Br)cc(CC2CCNCC2)c1O. The summed E-state index contributed by atoms with van der Waals surface area (Å²) in [6.07, 6.45) is 3.39. The number of piperidine rings is 1. The van der Waals surface area contributed by atoms with E-state index in [-0.39, 0.29) is 5.41 Å². The Morgan fingerprint density at radius 3 is 2.47 bits per heavy atom. The highest BCUT2D eigenvalue weighted by Gasteiger charge is 2.23. The predicted molar refractivity (Wildman–Crippen MR) is 83.8 cm³/mol. The van der Waals surface area contributed by atoms with Crippen molar-refractivity contribution in [3.8, 4) is 5.75 Å².